The van der Waals surface area contributed by atoms with Crippen LogP contribution in [0.15, 0.2) is 11.6 Å². The van der Waals surface area contributed by atoms with Crippen LogP contribution in [0.1, 0.15) is 51.4 Å². The third-order valence-electron chi connectivity index (χ3n) is 3.47. The Kier molecular flexibility index (Phi) is 3.05. The lowest BCUT2D eigenvalue weighted by Crippen LogP contribution is -2.07. The van der Waals surface area contributed by atoms with E-state index in [1.54, 1.807) is 0 Å². The second-order valence-corrected chi connectivity index (χ2v) is 4.55. The third kappa shape index (κ3) is 2.34. The molecule has 1 heteroatoms. The first-order chi connectivity index (χ1) is 6.36. The maximum atomic E-state index is 9.65. The molecular formula is C12H20O. The molecule has 0 aromatic rings. The molecule has 1 nitrogen and oxygen atoms in total. The van der Waals surface area contributed by atoms with Crippen LogP contribution in [-0.2, 0) is 0 Å². The van der Waals surface area contributed by atoms with Gasteiger partial charge in [-0.3, -0.25) is 0 Å². The molecule has 13 heavy (non-hydrogen) atoms. The largest absolute Gasteiger partial charge is 0.389 e. The van der Waals surface area contributed by atoms with E-state index in [0.717, 1.165) is 18.8 Å². The van der Waals surface area contributed by atoms with Gasteiger partial charge in [-0.05, 0) is 43.6 Å². The molecular weight excluding hydrogens is 160 g/mol. The van der Waals surface area contributed by atoms with Crippen molar-refractivity contribution in [2.75, 3.05) is 0 Å². The van der Waals surface area contributed by atoms with Crippen molar-refractivity contribution in [3.05, 3.63) is 11.6 Å². The second kappa shape index (κ2) is 4.28. The summed E-state index contributed by atoms with van der Waals surface area (Å²) in [7, 11) is 0. The van der Waals surface area contributed by atoms with Crippen LogP contribution in [0, 0.1) is 5.92 Å². The molecule has 2 saturated carbocycles. The van der Waals surface area contributed by atoms with Crippen molar-refractivity contribution in [1.29, 1.82) is 0 Å². The van der Waals surface area contributed by atoms with Crippen molar-refractivity contribution >= 4 is 0 Å². The number of hydrogen-bond acceptors (Lipinski definition) is 1. The Labute approximate surface area is 80.8 Å². The Morgan fingerprint density at radius 1 is 1.00 bits per heavy atom. The molecule has 1 atom stereocenters. The second-order valence-electron chi connectivity index (χ2n) is 4.55. The Balaban J connectivity index is 1.93. The zero-order chi connectivity index (χ0) is 9.10. The summed E-state index contributed by atoms with van der Waals surface area (Å²) in [5.74, 6) is 0.788. The third-order valence-corrected chi connectivity index (χ3v) is 3.47. The van der Waals surface area contributed by atoms with Crippen LogP contribution in [0.5, 0.6) is 0 Å². The summed E-state index contributed by atoms with van der Waals surface area (Å²) in [6.45, 7) is 0. The predicted octanol–water partition coefficient (Wildman–Crippen LogP) is 3.04. The van der Waals surface area contributed by atoms with Gasteiger partial charge in [-0.25, -0.2) is 0 Å². The summed E-state index contributed by atoms with van der Waals surface area (Å²) in [6.07, 6.45) is 12.6. The summed E-state index contributed by atoms with van der Waals surface area (Å²) in [6, 6.07) is 0. The summed E-state index contributed by atoms with van der Waals surface area (Å²) < 4.78 is 0. The van der Waals surface area contributed by atoms with Crippen LogP contribution < -0.4 is 0 Å². The average Bonchev–Trinajstić information content (AvgIpc) is 2.54. The van der Waals surface area contributed by atoms with Crippen LogP contribution in [0.2, 0.25) is 0 Å². The molecule has 1 unspecified atom stereocenters. The predicted molar refractivity (Wildman–Crippen MR) is 54.5 cm³/mol. The van der Waals surface area contributed by atoms with Gasteiger partial charge in [-0.2, -0.15) is 0 Å². The van der Waals surface area contributed by atoms with Gasteiger partial charge in [0.2, 0.25) is 0 Å². The highest BCUT2D eigenvalue weighted by molar-refractivity contribution is 5.14. The van der Waals surface area contributed by atoms with Crippen molar-refractivity contribution < 1.29 is 5.11 Å². The van der Waals surface area contributed by atoms with Crippen LogP contribution in [0.25, 0.3) is 0 Å². The quantitative estimate of drug-likeness (QED) is 0.615. The van der Waals surface area contributed by atoms with E-state index >= 15 is 0 Å². The smallest absolute Gasteiger partial charge is 0.0750 e. The van der Waals surface area contributed by atoms with Crippen molar-refractivity contribution in [3.63, 3.8) is 0 Å². The highest BCUT2D eigenvalue weighted by Gasteiger charge is 2.20. The van der Waals surface area contributed by atoms with Gasteiger partial charge in [0.1, 0.15) is 0 Å². The van der Waals surface area contributed by atoms with Gasteiger partial charge >= 0.3 is 0 Å². The molecule has 0 aromatic heterocycles. The molecule has 0 amide bonds. The molecule has 0 heterocycles. The fraction of sp³-hybridized carbons (Fsp3) is 0.833. The molecule has 0 spiro atoms. The van der Waals surface area contributed by atoms with E-state index in [4.69, 9.17) is 0 Å². The molecule has 2 aliphatic rings. The monoisotopic (exact) mass is 180 g/mol. The summed E-state index contributed by atoms with van der Waals surface area (Å²) in [5, 5.41) is 9.65. The lowest BCUT2D eigenvalue weighted by Gasteiger charge is -2.19. The zero-order valence-electron chi connectivity index (χ0n) is 8.34. The van der Waals surface area contributed by atoms with Crippen molar-refractivity contribution in [2.45, 2.75) is 57.5 Å². The molecule has 1 N–H and O–H groups in total. The van der Waals surface area contributed by atoms with E-state index in [0.29, 0.717) is 0 Å². The lowest BCUT2D eigenvalue weighted by molar-refractivity contribution is 0.216. The first-order valence-electron chi connectivity index (χ1n) is 5.75. The van der Waals surface area contributed by atoms with E-state index < -0.39 is 0 Å². The zero-order valence-corrected chi connectivity index (χ0v) is 8.34. The Hall–Kier alpha value is -0.300. The van der Waals surface area contributed by atoms with Crippen LogP contribution in [0.4, 0.5) is 0 Å². The molecule has 0 aliphatic heterocycles. The average molecular weight is 180 g/mol. The van der Waals surface area contributed by atoms with Crippen molar-refractivity contribution in [2.24, 2.45) is 5.92 Å². The van der Waals surface area contributed by atoms with E-state index in [9.17, 15) is 5.11 Å². The first kappa shape index (κ1) is 9.26. The number of aliphatic hydroxyl groups is 1. The number of hydrogen-bond donors (Lipinski definition) is 1. The Bertz CT molecular complexity index is 189. The van der Waals surface area contributed by atoms with Crippen LogP contribution in [0.3, 0.4) is 0 Å². The molecule has 0 bridgehead atoms. The van der Waals surface area contributed by atoms with Gasteiger partial charge in [0.05, 0.1) is 6.10 Å². The standard InChI is InChI=1S/C12H20O/c13-12-8-4-7-11(12)9-10-5-2-1-3-6-10/h9-10,12-13H,1-8H2/b11-9-. The molecule has 74 valence electrons. The molecule has 2 aliphatic carbocycles. The Morgan fingerprint density at radius 3 is 2.38 bits per heavy atom. The fourth-order valence-electron chi connectivity index (χ4n) is 2.65. The molecule has 0 radical (unpaired) electrons. The first-order valence-corrected chi connectivity index (χ1v) is 5.75. The van der Waals surface area contributed by atoms with E-state index in [1.807, 2.05) is 0 Å². The molecule has 2 fully saturated rings. The van der Waals surface area contributed by atoms with Crippen molar-refractivity contribution in [1.82, 2.24) is 0 Å². The molecule has 2 rings (SSSR count). The SMILES string of the molecule is OC1CCC/C1=C/C1CCCCC1. The highest BCUT2D eigenvalue weighted by Crippen LogP contribution is 2.31. The van der Waals surface area contributed by atoms with Crippen molar-refractivity contribution in [3.8, 4) is 0 Å². The lowest BCUT2D eigenvalue weighted by atomic mass is 9.87. The fourth-order valence-corrected chi connectivity index (χ4v) is 2.65. The number of rotatable bonds is 1. The minimum atomic E-state index is -0.0954. The maximum absolute atomic E-state index is 9.65. The minimum absolute atomic E-state index is 0.0954. The highest BCUT2D eigenvalue weighted by atomic mass is 16.3. The maximum Gasteiger partial charge on any atom is 0.0750 e. The van der Waals surface area contributed by atoms with Gasteiger partial charge in [-0.15, -0.1) is 0 Å². The molecule has 0 saturated heterocycles. The van der Waals surface area contributed by atoms with Gasteiger partial charge in [-0.1, -0.05) is 25.3 Å². The van der Waals surface area contributed by atoms with E-state index in [2.05, 4.69) is 6.08 Å². The summed E-state index contributed by atoms with van der Waals surface area (Å²) in [5.41, 5.74) is 1.34. The topological polar surface area (TPSA) is 20.2 Å². The van der Waals surface area contributed by atoms with Crippen LogP contribution in [-0.4, -0.2) is 11.2 Å². The number of aliphatic hydroxyl groups excluding tert-OH is 1. The van der Waals surface area contributed by atoms with Gasteiger partial charge in [0.15, 0.2) is 0 Å². The number of allylic oxidation sites excluding steroid dienone is 1. The van der Waals surface area contributed by atoms with E-state index in [-0.39, 0.29) is 6.10 Å². The van der Waals surface area contributed by atoms with Gasteiger partial charge in [0, 0.05) is 0 Å². The van der Waals surface area contributed by atoms with Gasteiger partial charge in [0.25, 0.3) is 0 Å². The van der Waals surface area contributed by atoms with E-state index in [1.165, 1.54) is 44.1 Å². The minimum Gasteiger partial charge on any atom is -0.389 e. The summed E-state index contributed by atoms with van der Waals surface area (Å²) >= 11 is 0. The van der Waals surface area contributed by atoms with Gasteiger partial charge < -0.3 is 5.11 Å². The normalized spacial score (nSPS) is 34.2. The Morgan fingerprint density at radius 2 is 1.77 bits per heavy atom. The summed E-state index contributed by atoms with van der Waals surface area (Å²) in [4.78, 5) is 0. The molecule has 0 aromatic carbocycles. The van der Waals surface area contributed by atoms with Crippen LogP contribution >= 0.6 is 0 Å².